The van der Waals surface area contributed by atoms with E-state index in [0.717, 1.165) is 10.6 Å². The Kier molecular flexibility index (Phi) is 4.16. The van der Waals surface area contributed by atoms with E-state index in [-0.39, 0.29) is 23.2 Å². The molecule has 2 unspecified atom stereocenters. The van der Waals surface area contributed by atoms with Gasteiger partial charge in [-0.05, 0) is 23.1 Å². The zero-order valence-corrected chi connectivity index (χ0v) is 12.2. The van der Waals surface area contributed by atoms with Gasteiger partial charge in [-0.25, -0.2) is 0 Å². The van der Waals surface area contributed by atoms with Gasteiger partial charge in [0, 0.05) is 10.9 Å². The van der Waals surface area contributed by atoms with E-state index < -0.39 is 0 Å². The zero-order chi connectivity index (χ0) is 14.0. The van der Waals surface area contributed by atoms with Gasteiger partial charge in [-0.3, -0.25) is 4.79 Å². The first-order valence-corrected chi connectivity index (χ1v) is 6.74. The number of hydrogen-bond acceptors (Lipinski definition) is 3. The van der Waals surface area contributed by atoms with Crippen LogP contribution in [0.25, 0.3) is 0 Å². The molecule has 0 bridgehead atoms. The molecule has 0 spiro atoms. The molecule has 1 saturated carbocycles. The highest BCUT2D eigenvalue weighted by atomic mass is 35.5. The molecule has 1 aliphatic rings. The molecule has 2 rings (SSSR count). The standard InChI is InChI=1S/C15H19ClO3/c1-15(2)12(13(15)14(17)18-3)9-19-8-10-4-6-11(16)7-5-10/h4-7,12-13H,8-9H2,1-3H3. The van der Waals surface area contributed by atoms with E-state index in [0.29, 0.717) is 13.2 Å². The lowest BCUT2D eigenvalue weighted by atomic mass is 10.1. The normalized spacial score (nSPS) is 24.0. The van der Waals surface area contributed by atoms with Gasteiger partial charge in [0.15, 0.2) is 0 Å². The molecule has 0 aliphatic heterocycles. The van der Waals surface area contributed by atoms with Gasteiger partial charge in [0.2, 0.25) is 0 Å². The lowest BCUT2D eigenvalue weighted by molar-refractivity contribution is -0.143. The van der Waals surface area contributed by atoms with Crippen LogP contribution in [0.4, 0.5) is 0 Å². The summed E-state index contributed by atoms with van der Waals surface area (Å²) in [6.07, 6.45) is 0. The van der Waals surface area contributed by atoms with Crippen LogP contribution in [0.3, 0.4) is 0 Å². The summed E-state index contributed by atoms with van der Waals surface area (Å²) >= 11 is 5.82. The van der Waals surface area contributed by atoms with Gasteiger partial charge in [-0.2, -0.15) is 0 Å². The molecule has 0 amide bonds. The van der Waals surface area contributed by atoms with Crippen LogP contribution in [-0.2, 0) is 20.9 Å². The fourth-order valence-electron chi connectivity index (χ4n) is 2.53. The van der Waals surface area contributed by atoms with E-state index in [1.807, 2.05) is 24.3 Å². The maximum Gasteiger partial charge on any atom is 0.309 e. The zero-order valence-electron chi connectivity index (χ0n) is 11.5. The van der Waals surface area contributed by atoms with Crippen LogP contribution in [-0.4, -0.2) is 19.7 Å². The highest BCUT2D eigenvalue weighted by Gasteiger charge is 2.62. The van der Waals surface area contributed by atoms with Crippen molar-refractivity contribution in [2.24, 2.45) is 17.3 Å². The average molecular weight is 283 g/mol. The Morgan fingerprint density at radius 2 is 1.95 bits per heavy atom. The Labute approximate surface area is 118 Å². The number of ether oxygens (including phenoxy) is 2. The van der Waals surface area contributed by atoms with Crippen molar-refractivity contribution < 1.29 is 14.3 Å². The van der Waals surface area contributed by atoms with Crippen molar-refractivity contribution in [3.63, 3.8) is 0 Å². The summed E-state index contributed by atoms with van der Waals surface area (Å²) in [5.74, 6) is 0.0695. The smallest absolute Gasteiger partial charge is 0.309 e. The van der Waals surface area contributed by atoms with Crippen molar-refractivity contribution in [1.29, 1.82) is 0 Å². The molecule has 0 N–H and O–H groups in total. The first kappa shape index (κ1) is 14.4. The molecule has 0 aromatic heterocycles. The topological polar surface area (TPSA) is 35.5 Å². The molecular formula is C15H19ClO3. The summed E-state index contributed by atoms with van der Waals surface area (Å²) in [6, 6.07) is 7.58. The summed E-state index contributed by atoms with van der Waals surface area (Å²) in [6.45, 7) is 5.27. The minimum absolute atomic E-state index is 0.0207. The number of rotatable bonds is 5. The third-order valence-corrected chi connectivity index (χ3v) is 4.24. The Hall–Kier alpha value is -1.06. The second-order valence-corrected chi connectivity index (χ2v) is 6.01. The highest BCUT2D eigenvalue weighted by molar-refractivity contribution is 6.30. The fraction of sp³-hybridized carbons (Fsp3) is 0.533. The summed E-state index contributed by atoms with van der Waals surface area (Å²) in [5, 5.41) is 0.720. The molecule has 1 aromatic carbocycles. The monoisotopic (exact) mass is 282 g/mol. The van der Waals surface area contributed by atoms with Crippen LogP contribution in [0.2, 0.25) is 5.02 Å². The Bertz CT molecular complexity index is 453. The summed E-state index contributed by atoms with van der Waals surface area (Å²) in [5.41, 5.74) is 1.06. The van der Waals surface area contributed by atoms with E-state index in [4.69, 9.17) is 21.1 Å². The second kappa shape index (κ2) is 5.51. The highest BCUT2D eigenvalue weighted by Crippen LogP contribution is 2.58. The molecule has 0 radical (unpaired) electrons. The maximum atomic E-state index is 11.6. The molecule has 0 saturated heterocycles. The van der Waals surface area contributed by atoms with E-state index in [9.17, 15) is 4.79 Å². The number of esters is 1. The van der Waals surface area contributed by atoms with Crippen LogP contribution >= 0.6 is 11.6 Å². The average Bonchev–Trinajstić information content (AvgIpc) is 2.93. The van der Waals surface area contributed by atoms with Crippen LogP contribution in [0, 0.1) is 17.3 Å². The van der Waals surface area contributed by atoms with E-state index in [1.54, 1.807) is 0 Å². The number of hydrogen-bond donors (Lipinski definition) is 0. The van der Waals surface area contributed by atoms with Crippen molar-refractivity contribution in [1.82, 2.24) is 0 Å². The molecule has 104 valence electrons. The Balaban J connectivity index is 1.81. The van der Waals surface area contributed by atoms with Crippen molar-refractivity contribution in [2.75, 3.05) is 13.7 Å². The second-order valence-electron chi connectivity index (χ2n) is 5.57. The van der Waals surface area contributed by atoms with Crippen LogP contribution < -0.4 is 0 Å². The van der Waals surface area contributed by atoms with Crippen molar-refractivity contribution in [3.8, 4) is 0 Å². The predicted octanol–water partition coefficient (Wildman–Crippen LogP) is 3.30. The largest absolute Gasteiger partial charge is 0.469 e. The number of methoxy groups -OCH3 is 1. The predicted molar refractivity (Wildman–Crippen MR) is 73.9 cm³/mol. The van der Waals surface area contributed by atoms with Gasteiger partial charge in [0.05, 0.1) is 26.2 Å². The van der Waals surface area contributed by atoms with Crippen molar-refractivity contribution in [3.05, 3.63) is 34.9 Å². The third kappa shape index (κ3) is 3.10. The van der Waals surface area contributed by atoms with Gasteiger partial charge in [-0.1, -0.05) is 37.6 Å². The number of carbonyl (C=O) groups is 1. The van der Waals surface area contributed by atoms with E-state index in [2.05, 4.69) is 13.8 Å². The maximum absolute atomic E-state index is 11.6. The molecule has 0 heterocycles. The summed E-state index contributed by atoms with van der Waals surface area (Å²) < 4.78 is 10.5. The Morgan fingerprint density at radius 3 is 2.53 bits per heavy atom. The minimum atomic E-state index is -0.134. The molecule has 2 atom stereocenters. The minimum Gasteiger partial charge on any atom is -0.469 e. The molecule has 19 heavy (non-hydrogen) atoms. The lowest BCUT2D eigenvalue weighted by Gasteiger charge is -2.05. The molecule has 1 fully saturated rings. The van der Waals surface area contributed by atoms with Gasteiger partial charge < -0.3 is 9.47 Å². The summed E-state index contributed by atoms with van der Waals surface area (Å²) in [7, 11) is 1.43. The Morgan fingerprint density at radius 1 is 1.32 bits per heavy atom. The number of halogens is 1. The number of carbonyl (C=O) groups excluding carboxylic acids is 1. The van der Waals surface area contributed by atoms with Crippen molar-refractivity contribution >= 4 is 17.6 Å². The number of benzene rings is 1. The van der Waals surface area contributed by atoms with Gasteiger partial charge in [0.25, 0.3) is 0 Å². The third-order valence-electron chi connectivity index (χ3n) is 3.98. The van der Waals surface area contributed by atoms with Crippen LogP contribution in [0.5, 0.6) is 0 Å². The molecular weight excluding hydrogens is 264 g/mol. The van der Waals surface area contributed by atoms with Gasteiger partial charge in [-0.15, -0.1) is 0 Å². The first-order valence-electron chi connectivity index (χ1n) is 6.37. The van der Waals surface area contributed by atoms with Gasteiger partial charge in [0.1, 0.15) is 0 Å². The first-order chi connectivity index (χ1) is 8.96. The SMILES string of the molecule is COC(=O)C1C(COCc2ccc(Cl)cc2)C1(C)C. The van der Waals surface area contributed by atoms with E-state index in [1.165, 1.54) is 7.11 Å². The molecule has 1 aromatic rings. The van der Waals surface area contributed by atoms with Crippen LogP contribution in [0.15, 0.2) is 24.3 Å². The quantitative estimate of drug-likeness (QED) is 0.778. The van der Waals surface area contributed by atoms with E-state index >= 15 is 0 Å². The molecule has 4 heteroatoms. The molecule has 3 nitrogen and oxygen atoms in total. The lowest BCUT2D eigenvalue weighted by Crippen LogP contribution is -2.08. The van der Waals surface area contributed by atoms with Crippen LogP contribution in [0.1, 0.15) is 19.4 Å². The molecule has 1 aliphatic carbocycles. The summed E-state index contributed by atoms with van der Waals surface area (Å²) in [4.78, 5) is 11.6. The van der Waals surface area contributed by atoms with Gasteiger partial charge >= 0.3 is 5.97 Å². The van der Waals surface area contributed by atoms with Crippen molar-refractivity contribution in [2.45, 2.75) is 20.5 Å². The fourth-order valence-corrected chi connectivity index (χ4v) is 2.66.